The van der Waals surface area contributed by atoms with Gasteiger partial charge in [0.2, 0.25) is 0 Å². The van der Waals surface area contributed by atoms with E-state index >= 15 is 0 Å². The summed E-state index contributed by atoms with van der Waals surface area (Å²) in [4.78, 5) is 38.2. The molecule has 6 N–H and O–H groups in total. The predicted octanol–water partition coefficient (Wildman–Crippen LogP) is 0.766. The topological polar surface area (TPSA) is 200 Å². The number of rotatable bonds is 8. The van der Waals surface area contributed by atoms with E-state index in [-0.39, 0.29) is 11.8 Å². The van der Waals surface area contributed by atoms with E-state index in [1.54, 1.807) is 0 Å². The normalized spacial score (nSPS) is 43.0. The number of hydrogen-bond donors (Lipinski definition) is 6. The van der Waals surface area contributed by atoms with Crippen molar-refractivity contribution >= 4 is 26.2 Å². The van der Waals surface area contributed by atoms with Crippen molar-refractivity contribution in [2.75, 3.05) is 6.16 Å². The van der Waals surface area contributed by atoms with Crippen molar-refractivity contribution in [3.8, 4) is 0 Å². The van der Waals surface area contributed by atoms with E-state index in [1.807, 2.05) is 0 Å². The van der Waals surface area contributed by atoms with Gasteiger partial charge in [-0.1, -0.05) is 0 Å². The van der Waals surface area contributed by atoms with E-state index in [4.69, 9.17) is 13.8 Å². The smallest absolute Gasteiger partial charge is 0.388 e. The van der Waals surface area contributed by atoms with Crippen LogP contribution in [0.2, 0.25) is 0 Å². The van der Waals surface area contributed by atoms with Gasteiger partial charge in [-0.2, -0.15) is 18.2 Å². The molecule has 5 rings (SSSR count). The lowest BCUT2D eigenvalue weighted by atomic mass is 9.48. The van der Waals surface area contributed by atoms with Gasteiger partial charge < -0.3 is 19.6 Å². The third kappa shape index (κ3) is 5.50. The van der Waals surface area contributed by atoms with E-state index in [2.05, 4.69) is 3.97 Å². The molecule has 5 fully saturated rings. The molecule has 0 aromatic rings. The summed E-state index contributed by atoms with van der Waals surface area (Å²) in [7, 11) is -14.7. The monoisotopic (exact) mass is 507 g/mol. The molecule has 0 radical (unpaired) electrons. The van der Waals surface area contributed by atoms with E-state index in [0.29, 0.717) is 17.8 Å². The summed E-state index contributed by atoms with van der Waals surface area (Å²) in [5.41, 5.74) is -0.338. The Morgan fingerprint density at radius 2 is 1.58 bits per heavy atom. The van der Waals surface area contributed by atoms with Crippen molar-refractivity contribution in [1.82, 2.24) is 0 Å². The van der Waals surface area contributed by atoms with Gasteiger partial charge in [-0.05, 0) is 60.2 Å². The average molecular weight is 507 g/mol. The molecule has 4 unspecified atom stereocenters. The average Bonchev–Trinajstić information content (AvgIpc) is 2.85. The first-order valence-electron chi connectivity index (χ1n) is 10.2. The first-order chi connectivity index (χ1) is 14.1. The van der Waals surface area contributed by atoms with Gasteiger partial charge in [0.25, 0.3) is 0 Å². The Balaban J connectivity index is 1.52. The standard InChI is InChI=1S/C16H28O12P2S/c17-13-14(27-30(20,21)22)12(1-2-29(18,19)28-31(23,24)25)26-15(13)16-6-9-3-10(7-16)5-11(4-9)8-16/h9-15,17-19H,1-8H2,(H2-,20,21,22,23,24,25)/p+1. The molecule has 0 aromatic carbocycles. The third-order valence-electron chi connectivity index (χ3n) is 7.20. The maximum absolute atomic E-state index is 11.5. The second-order valence-corrected chi connectivity index (χ2v) is 14.0. The number of aliphatic hydroxyl groups is 1. The zero-order chi connectivity index (χ0) is 22.8. The first-order valence-corrected chi connectivity index (χ1v) is 14.9. The van der Waals surface area contributed by atoms with Gasteiger partial charge in [0.05, 0.1) is 12.2 Å². The van der Waals surface area contributed by atoms with E-state index in [0.717, 1.165) is 38.5 Å². The summed E-state index contributed by atoms with van der Waals surface area (Å²) in [5, 5.41) is 11.0. The summed E-state index contributed by atoms with van der Waals surface area (Å²) in [6.07, 6.45) is 0.302. The molecule has 4 aliphatic carbocycles. The van der Waals surface area contributed by atoms with Gasteiger partial charge in [0.1, 0.15) is 18.4 Å². The third-order valence-corrected chi connectivity index (χ3v) is 10.3. The molecule has 0 aromatic heterocycles. The second-order valence-electron chi connectivity index (χ2n) is 9.61. The molecule has 15 heteroatoms. The van der Waals surface area contributed by atoms with E-state index in [1.165, 1.54) is 0 Å². The second kappa shape index (κ2) is 8.18. The summed E-state index contributed by atoms with van der Waals surface area (Å²) in [6, 6.07) is 0. The van der Waals surface area contributed by atoms with Gasteiger partial charge in [-0.3, -0.25) is 9.08 Å². The van der Waals surface area contributed by atoms with E-state index in [9.17, 15) is 37.7 Å². The van der Waals surface area contributed by atoms with Crippen LogP contribution < -0.4 is 0 Å². The maximum atomic E-state index is 11.5. The van der Waals surface area contributed by atoms with Gasteiger partial charge in [0.15, 0.2) is 0 Å². The quantitative estimate of drug-likeness (QED) is 0.199. The molecule has 4 atom stereocenters. The molecule has 12 nitrogen and oxygen atoms in total. The Hall–Kier alpha value is 0.250. The van der Waals surface area contributed by atoms with Crippen LogP contribution in [-0.2, 0) is 28.2 Å². The fourth-order valence-corrected chi connectivity index (χ4v) is 9.45. The molecular weight excluding hydrogens is 478 g/mol. The van der Waals surface area contributed by atoms with Crippen molar-refractivity contribution in [3.63, 3.8) is 0 Å². The predicted molar refractivity (Wildman–Crippen MR) is 106 cm³/mol. The zero-order valence-electron chi connectivity index (χ0n) is 16.6. The highest BCUT2D eigenvalue weighted by Gasteiger charge is 2.61. The van der Waals surface area contributed by atoms with Gasteiger partial charge in [0, 0.05) is 11.8 Å². The van der Waals surface area contributed by atoms with Gasteiger partial charge >= 0.3 is 26.2 Å². The van der Waals surface area contributed by atoms with Crippen LogP contribution in [0.4, 0.5) is 0 Å². The molecule has 31 heavy (non-hydrogen) atoms. The number of aliphatic hydroxyl groups excluding tert-OH is 1. The largest absolute Gasteiger partial charge is 0.470 e. The SMILES string of the molecule is O=P(O)(O)OC1C(CC[P+](O)(O)OS(=O)(=O)O)OC(C23CC4CC(CC(C4)C2)C3)C1O. The van der Waals surface area contributed by atoms with Crippen LogP contribution in [-0.4, -0.2) is 68.2 Å². The number of ether oxygens (including phenoxy) is 1. The fourth-order valence-electron chi connectivity index (χ4n) is 6.78. The molecule has 0 spiro atoms. The van der Waals surface area contributed by atoms with Crippen LogP contribution in [0.5, 0.6) is 0 Å². The highest BCUT2D eigenvalue weighted by atomic mass is 32.3. The Kier molecular flexibility index (Phi) is 6.43. The number of phosphoric ester groups is 1. The molecule has 1 aliphatic heterocycles. The Morgan fingerprint density at radius 1 is 1.06 bits per heavy atom. The van der Waals surface area contributed by atoms with Gasteiger partial charge in [-0.15, -0.1) is 0 Å². The minimum Gasteiger partial charge on any atom is -0.388 e. The summed E-state index contributed by atoms with van der Waals surface area (Å²) < 4.78 is 56.6. The van der Waals surface area contributed by atoms with Crippen LogP contribution >= 0.6 is 15.8 Å². The molecule has 4 saturated carbocycles. The summed E-state index contributed by atoms with van der Waals surface area (Å²) in [5.74, 6) is 1.58. The first kappa shape index (κ1) is 24.4. The van der Waals surface area contributed by atoms with E-state index < -0.39 is 56.7 Å². The maximum Gasteiger partial charge on any atom is 0.470 e. The molecule has 1 heterocycles. The molecular formula is C16H29O12P2S+. The van der Waals surface area contributed by atoms with Crippen LogP contribution in [0.25, 0.3) is 0 Å². The van der Waals surface area contributed by atoms with Crippen molar-refractivity contribution in [1.29, 1.82) is 0 Å². The summed E-state index contributed by atoms with van der Waals surface area (Å²) >= 11 is 0. The highest BCUT2D eigenvalue weighted by molar-refractivity contribution is 7.87. The molecule has 4 bridgehead atoms. The van der Waals surface area contributed by atoms with Crippen LogP contribution in [0.3, 0.4) is 0 Å². The molecule has 0 amide bonds. The van der Waals surface area contributed by atoms with Crippen LogP contribution in [0.15, 0.2) is 0 Å². The molecule has 5 aliphatic rings. The van der Waals surface area contributed by atoms with Crippen molar-refractivity contribution in [3.05, 3.63) is 0 Å². The van der Waals surface area contributed by atoms with Crippen molar-refractivity contribution in [2.45, 2.75) is 69.4 Å². The van der Waals surface area contributed by atoms with Crippen LogP contribution in [0.1, 0.15) is 44.9 Å². The van der Waals surface area contributed by atoms with Crippen molar-refractivity contribution < 1.29 is 55.4 Å². The van der Waals surface area contributed by atoms with Crippen LogP contribution in [0, 0.1) is 23.2 Å². The Bertz CT molecular complexity index is 806. The molecule has 1 saturated heterocycles. The van der Waals surface area contributed by atoms with Crippen molar-refractivity contribution in [2.24, 2.45) is 23.2 Å². The minimum absolute atomic E-state index is 0.319. The Labute approximate surface area is 180 Å². The minimum atomic E-state index is -5.12. The lowest BCUT2D eigenvalue weighted by Crippen LogP contribution is -2.55. The fraction of sp³-hybridized carbons (Fsp3) is 1.00. The highest BCUT2D eigenvalue weighted by Crippen LogP contribution is 2.64. The zero-order valence-corrected chi connectivity index (χ0v) is 19.2. The lowest BCUT2D eigenvalue weighted by Gasteiger charge is -2.59. The Morgan fingerprint density at radius 3 is 2.03 bits per heavy atom. The summed E-state index contributed by atoms with van der Waals surface area (Å²) in [6.45, 7) is 0. The van der Waals surface area contributed by atoms with Gasteiger partial charge in [-0.25, -0.2) is 4.57 Å². The lowest BCUT2D eigenvalue weighted by molar-refractivity contribution is -0.156. The number of phosphoric acid groups is 1. The molecule has 180 valence electrons. The number of hydrogen-bond acceptors (Lipinski definition) is 9.